The molecular formula is C15H24N2O3Si. The quantitative estimate of drug-likeness (QED) is 0.689. The smallest absolute Gasteiger partial charge is 0.377 e. The van der Waals surface area contributed by atoms with E-state index in [9.17, 15) is 0 Å². The van der Waals surface area contributed by atoms with Gasteiger partial charge in [-0.15, -0.1) is 0 Å². The van der Waals surface area contributed by atoms with Gasteiger partial charge in [-0.1, -0.05) is 18.2 Å². The molecule has 0 N–H and O–H groups in total. The molecule has 6 heteroatoms. The normalized spacial score (nSPS) is 15.0. The van der Waals surface area contributed by atoms with Crippen LogP contribution in [0.25, 0.3) is 0 Å². The molecule has 1 aromatic rings. The minimum absolute atomic E-state index is 0.826. The van der Waals surface area contributed by atoms with E-state index in [4.69, 9.17) is 13.3 Å². The number of anilines is 1. The molecule has 2 rings (SSSR count). The molecule has 0 bridgehead atoms. The minimum atomic E-state index is -2.43. The second-order valence-corrected chi connectivity index (χ2v) is 8.05. The monoisotopic (exact) mass is 308 g/mol. The van der Waals surface area contributed by atoms with E-state index < -0.39 is 8.80 Å². The Morgan fingerprint density at radius 2 is 1.67 bits per heavy atom. The fourth-order valence-electron chi connectivity index (χ4n) is 2.45. The number of nitrogens with zero attached hydrogens (tertiary/aromatic N) is 2. The maximum atomic E-state index is 5.44. The standard InChI is InChI=1S/C15H24N2O3Si/c1-18-21(19-2,20-3)13-7-10-16-11-12-17(14-16)15-8-5-4-6-9-15/h4-6,8-9,11-12H,7,10,13-14H2,1-3H3. The zero-order valence-corrected chi connectivity index (χ0v) is 14.0. The molecule has 1 heterocycles. The minimum Gasteiger partial charge on any atom is -0.377 e. The maximum absolute atomic E-state index is 5.44. The van der Waals surface area contributed by atoms with Crippen LogP contribution < -0.4 is 4.90 Å². The summed E-state index contributed by atoms with van der Waals surface area (Å²) in [6, 6.07) is 11.2. The van der Waals surface area contributed by atoms with Gasteiger partial charge in [0.1, 0.15) is 0 Å². The molecule has 0 fully saturated rings. The van der Waals surface area contributed by atoms with Crippen molar-refractivity contribution in [2.24, 2.45) is 0 Å². The van der Waals surface area contributed by atoms with Crippen LogP contribution in [0.2, 0.25) is 6.04 Å². The van der Waals surface area contributed by atoms with Crippen molar-refractivity contribution in [2.75, 3.05) is 39.4 Å². The molecule has 116 valence electrons. The van der Waals surface area contributed by atoms with Crippen molar-refractivity contribution >= 4 is 14.5 Å². The molecule has 0 saturated carbocycles. The van der Waals surface area contributed by atoms with Gasteiger partial charge in [-0.25, -0.2) is 0 Å². The van der Waals surface area contributed by atoms with Crippen molar-refractivity contribution < 1.29 is 13.3 Å². The second-order valence-electron chi connectivity index (χ2n) is 4.96. The highest BCUT2D eigenvalue weighted by Crippen LogP contribution is 2.20. The van der Waals surface area contributed by atoms with Crippen LogP contribution in [-0.2, 0) is 13.3 Å². The highest BCUT2D eigenvalue weighted by atomic mass is 28.4. The second kappa shape index (κ2) is 7.60. The third kappa shape index (κ3) is 4.07. The Balaban J connectivity index is 1.78. The summed E-state index contributed by atoms with van der Waals surface area (Å²) < 4.78 is 16.3. The number of benzene rings is 1. The summed E-state index contributed by atoms with van der Waals surface area (Å²) in [6.45, 7) is 1.84. The van der Waals surface area contributed by atoms with E-state index in [0.717, 1.165) is 25.7 Å². The highest BCUT2D eigenvalue weighted by Gasteiger charge is 2.37. The van der Waals surface area contributed by atoms with Crippen molar-refractivity contribution in [1.29, 1.82) is 0 Å². The van der Waals surface area contributed by atoms with E-state index in [0.29, 0.717) is 0 Å². The largest absolute Gasteiger partial charge is 0.500 e. The zero-order chi connectivity index (χ0) is 15.1. The van der Waals surface area contributed by atoms with E-state index in [1.807, 2.05) is 6.07 Å². The van der Waals surface area contributed by atoms with Gasteiger partial charge in [0, 0.05) is 52.0 Å². The summed E-state index contributed by atoms with van der Waals surface area (Å²) in [5, 5.41) is 0. The fourth-order valence-corrected chi connectivity index (χ4v) is 4.16. The van der Waals surface area contributed by atoms with Gasteiger partial charge in [0.25, 0.3) is 0 Å². The third-order valence-electron chi connectivity index (χ3n) is 3.74. The predicted molar refractivity (Wildman–Crippen MR) is 85.8 cm³/mol. The maximum Gasteiger partial charge on any atom is 0.500 e. The Kier molecular flexibility index (Phi) is 5.81. The molecule has 5 nitrogen and oxygen atoms in total. The number of rotatable bonds is 8. The molecule has 0 saturated heterocycles. The Hall–Kier alpha value is -1.34. The Morgan fingerprint density at radius 3 is 2.29 bits per heavy atom. The molecule has 0 atom stereocenters. The van der Waals surface area contributed by atoms with Crippen molar-refractivity contribution in [3.05, 3.63) is 42.7 Å². The van der Waals surface area contributed by atoms with Gasteiger partial charge in [-0.05, 0) is 18.6 Å². The summed E-state index contributed by atoms with van der Waals surface area (Å²) >= 11 is 0. The molecule has 0 aromatic heterocycles. The van der Waals surface area contributed by atoms with Crippen LogP contribution >= 0.6 is 0 Å². The average Bonchev–Trinajstić information content (AvgIpc) is 3.02. The third-order valence-corrected chi connectivity index (χ3v) is 6.57. The lowest BCUT2D eigenvalue weighted by Crippen LogP contribution is -2.43. The average molecular weight is 308 g/mol. The summed E-state index contributed by atoms with van der Waals surface area (Å²) in [6.07, 6.45) is 5.22. The van der Waals surface area contributed by atoms with E-state index >= 15 is 0 Å². The van der Waals surface area contributed by atoms with Gasteiger partial charge in [0.2, 0.25) is 0 Å². The molecule has 0 aliphatic carbocycles. The van der Waals surface area contributed by atoms with Gasteiger partial charge >= 0.3 is 8.80 Å². The molecule has 0 unspecified atom stereocenters. The number of hydrogen-bond acceptors (Lipinski definition) is 5. The molecule has 0 spiro atoms. The summed E-state index contributed by atoms with van der Waals surface area (Å²) in [5.41, 5.74) is 1.21. The van der Waals surface area contributed by atoms with Crippen molar-refractivity contribution in [2.45, 2.75) is 12.5 Å². The van der Waals surface area contributed by atoms with E-state index in [-0.39, 0.29) is 0 Å². The molecule has 0 radical (unpaired) electrons. The Morgan fingerprint density at radius 1 is 1.00 bits per heavy atom. The van der Waals surface area contributed by atoms with Crippen LogP contribution in [-0.4, -0.2) is 48.2 Å². The van der Waals surface area contributed by atoms with Crippen LogP contribution in [0.5, 0.6) is 0 Å². The Labute approximate surface area is 128 Å². The van der Waals surface area contributed by atoms with Crippen molar-refractivity contribution in [3.63, 3.8) is 0 Å². The summed E-state index contributed by atoms with van der Waals surface area (Å²) in [4.78, 5) is 4.51. The molecular weight excluding hydrogens is 284 g/mol. The topological polar surface area (TPSA) is 34.2 Å². The first kappa shape index (κ1) is 16.0. The first-order valence-corrected chi connectivity index (χ1v) is 9.06. The molecule has 1 aromatic carbocycles. The fraction of sp³-hybridized carbons (Fsp3) is 0.467. The van der Waals surface area contributed by atoms with Crippen LogP contribution in [0.4, 0.5) is 5.69 Å². The van der Waals surface area contributed by atoms with Crippen molar-refractivity contribution in [1.82, 2.24) is 4.90 Å². The first-order chi connectivity index (χ1) is 10.2. The van der Waals surface area contributed by atoms with Gasteiger partial charge in [-0.2, -0.15) is 0 Å². The predicted octanol–water partition coefficient (Wildman–Crippen LogP) is 2.51. The Bertz CT molecular complexity index is 443. The lowest BCUT2D eigenvalue weighted by molar-refractivity contribution is 0.122. The summed E-state index contributed by atoms with van der Waals surface area (Å²) in [7, 11) is 2.54. The molecule has 1 aliphatic rings. The number of para-hydroxylation sites is 1. The molecule has 0 amide bonds. The van der Waals surface area contributed by atoms with Crippen molar-refractivity contribution in [3.8, 4) is 0 Å². The first-order valence-electron chi connectivity index (χ1n) is 7.12. The van der Waals surface area contributed by atoms with Gasteiger partial charge in [0.15, 0.2) is 0 Å². The van der Waals surface area contributed by atoms with Gasteiger partial charge < -0.3 is 23.1 Å². The highest BCUT2D eigenvalue weighted by molar-refractivity contribution is 6.60. The van der Waals surface area contributed by atoms with E-state index in [1.54, 1.807) is 21.3 Å². The lowest BCUT2D eigenvalue weighted by Gasteiger charge is -2.26. The summed E-state index contributed by atoms with van der Waals surface area (Å²) in [5.74, 6) is 0. The van der Waals surface area contributed by atoms with Crippen LogP contribution in [0.3, 0.4) is 0 Å². The number of hydrogen-bond donors (Lipinski definition) is 0. The van der Waals surface area contributed by atoms with E-state index in [1.165, 1.54) is 5.69 Å². The van der Waals surface area contributed by atoms with Gasteiger partial charge in [0.05, 0.1) is 6.67 Å². The molecule has 21 heavy (non-hydrogen) atoms. The lowest BCUT2D eigenvalue weighted by atomic mass is 10.3. The van der Waals surface area contributed by atoms with Crippen LogP contribution in [0, 0.1) is 0 Å². The SMILES string of the molecule is CO[Si](CCCN1C=CN(c2ccccc2)C1)(OC)OC. The van der Waals surface area contributed by atoms with Crippen LogP contribution in [0.15, 0.2) is 42.7 Å². The van der Waals surface area contributed by atoms with Crippen LogP contribution in [0.1, 0.15) is 6.42 Å². The zero-order valence-electron chi connectivity index (χ0n) is 13.0. The molecule has 1 aliphatic heterocycles. The van der Waals surface area contributed by atoms with E-state index in [2.05, 4.69) is 46.5 Å². The van der Waals surface area contributed by atoms with Gasteiger partial charge in [-0.3, -0.25) is 0 Å².